The van der Waals surface area contributed by atoms with Crippen molar-refractivity contribution in [1.82, 2.24) is 0 Å². The molecular weight excluding hydrogens is 152 g/mol. The molecule has 0 spiro atoms. The average molecular weight is 167 g/mol. The topological polar surface area (TPSA) is 40.5 Å². The molecule has 0 heterocycles. The molecule has 10 heavy (non-hydrogen) atoms. The van der Waals surface area contributed by atoms with Gasteiger partial charge in [-0.1, -0.05) is 13.8 Å². The zero-order chi connectivity index (χ0) is 8.20. The number of rotatable bonds is 4. The van der Waals surface area contributed by atoms with Gasteiger partial charge in [-0.2, -0.15) is 0 Å². The van der Waals surface area contributed by atoms with Crippen LogP contribution in [0.15, 0.2) is 0 Å². The summed E-state index contributed by atoms with van der Waals surface area (Å²) >= 11 is 5.61. The van der Waals surface area contributed by atoms with Crippen LogP contribution >= 0.6 is 11.6 Å². The summed E-state index contributed by atoms with van der Waals surface area (Å²) < 4.78 is 0. The van der Waals surface area contributed by atoms with Gasteiger partial charge in [-0.3, -0.25) is 0 Å². The SMILES string of the molecule is CCC(C)(CCl)[C@@H](O)CO. The normalized spacial score (nSPS) is 20.1. The van der Waals surface area contributed by atoms with E-state index in [4.69, 9.17) is 16.7 Å². The molecule has 3 heteroatoms. The van der Waals surface area contributed by atoms with Crippen LogP contribution in [0.25, 0.3) is 0 Å². The lowest BCUT2D eigenvalue weighted by Crippen LogP contribution is -2.36. The van der Waals surface area contributed by atoms with Gasteiger partial charge in [0, 0.05) is 11.3 Å². The Morgan fingerprint density at radius 2 is 2.10 bits per heavy atom. The second-order valence-corrected chi connectivity index (χ2v) is 3.11. The third kappa shape index (κ3) is 2.11. The van der Waals surface area contributed by atoms with E-state index in [0.29, 0.717) is 5.88 Å². The highest BCUT2D eigenvalue weighted by Crippen LogP contribution is 2.26. The van der Waals surface area contributed by atoms with Gasteiger partial charge in [0.05, 0.1) is 12.7 Å². The molecule has 0 bridgehead atoms. The van der Waals surface area contributed by atoms with Gasteiger partial charge in [0.15, 0.2) is 0 Å². The Labute approximate surface area is 66.8 Å². The zero-order valence-corrected chi connectivity index (χ0v) is 7.23. The maximum absolute atomic E-state index is 9.24. The molecule has 2 N–H and O–H groups in total. The first-order chi connectivity index (χ1) is 4.60. The van der Waals surface area contributed by atoms with Gasteiger partial charge in [-0.15, -0.1) is 11.6 Å². The molecular formula is C7H15ClO2. The van der Waals surface area contributed by atoms with Crippen LogP contribution in [0.2, 0.25) is 0 Å². The van der Waals surface area contributed by atoms with E-state index in [9.17, 15) is 5.11 Å². The molecule has 0 fully saturated rings. The summed E-state index contributed by atoms with van der Waals surface area (Å²) in [6, 6.07) is 0. The lowest BCUT2D eigenvalue weighted by molar-refractivity contribution is 0.00365. The van der Waals surface area contributed by atoms with Crippen LogP contribution < -0.4 is 0 Å². The van der Waals surface area contributed by atoms with Gasteiger partial charge in [0.1, 0.15) is 0 Å². The van der Waals surface area contributed by atoms with Gasteiger partial charge >= 0.3 is 0 Å². The van der Waals surface area contributed by atoms with E-state index in [1.165, 1.54) is 0 Å². The summed E-state index contributed by atoms with van der Waals surface area (Å²) in [5, 5.41) is 17.9. The van der Waals surface area contributed by atoms with Gasteiger partial charge in [-0.25, -0.2) is 0 Å². The molecule has 0 aliphatic carbocycles. The molecule has 2 nitrogen and oxygen atoms in total. The predicted octanol–water partition coefficient (Wildman–Crippen LogP) is 0.995. The van der Waals surface area contributed by atoms with E-state index < -0.39 is 6.10 Å². The third-order valence-corrected chi connectivity index (χ3v) is 2.70. The molecule has 0 aliphatic rings. The summed E-state index contributed by atoms with van der Waals surface area (Å²) in [5.74, 6) is 0.380. The highest BCUT2D eigenvalue weighted by Gasteiger charge is 2.29. The van der Waals surface area contributed by atoms with E-state index >= 15 is 0 Å². The highest BCUT2D eigenvalue weighted by molar-refractivity contribution is 6.18. The molecule has 62 valence electrons. The highest BCUT2D eigenvalue weighted by atomic mass is 35.5. The molecule has 2 atom stereocenters. The fourth-order valence-corrected chi connectivity index (χ4v) is 1.01. The first-order valence-corrected chi connectivity index (χ1v) is 3.99. The lowest BCUT2D eigenvalue weighted by Gasteiger charge is -2.29. The van der Waals surface area contributed by atoms with Gasteiger partial charge in [0.25, 0.3) is 0 Å². The van der Waals surface area contributed by atoms with Crippen molar-refractivity contribution in [3.8, 4) is 0 Å². The van der Waals surface area contributed by atoms with Crippen LogP contribution in [0.1, 0.15) is 20.3 Å². The van der Waals surface area contributed by atoms with E-state index in [-0.39, 0.29) is 12.0 Å². The van der Waals surface area contributed by atoms with Crippen molar-refractivity contribution in [3.05, 3.63) is 0 Å². The third-order valence-electron chi connectivity index (χ3n) is 2.09. The summed E-state index contributed by atoms with van der Waals surface area (Å²) in [5.41, 5.74) is -0.337. The van der Waals surface area contributed by atoms with Crippen molar-refractivity contribution in [3.63, 3.8) is 0 Å². The number of halogens is 1. The first-order valence-electron chi connectivity index (χ1n) is 3.45. The molecule has 0 aromatic carbocycles. The summed E-state index contributed by atoms with van der Waals surface area (Å²) in [7, 11) is 0. The minimum atomic E-state index is -0.699. The lowest BCUT2D eigenvalue weighted by atomic mass is 9.84. The Morgan fingerprint density at radius 3 is 2.20 bits per heavy atom. The zero-order valence-electron chi connectivity index (χ0n) is 6.47. The first kappa shape index (κ1) is 10.2. The van der Waals surface area contributed by atoms with Crippen LogP contribution in [0.4, 0.5) is 0 Å². The van der Waals surface area contributed by atoms with Crippen molar-refractivity contribution in [1.29, 1.82) is 0 Å². The van der Waals surface area contributed by atoms with Gasteiger partial charge < -0.3 is 10.2 Å². The summed E-state index contributed by atoms with van der Waals surface area (Å²) in [4.78, 5) is 0. The molecule has 0 saturated carbocycles. The molecule has 0 radical (unpaired) electrons. The summed E-state index contributed by atoms with van der Waals surface area (Å²) in [6.45, 7) is 3.60. The Hall–Kier alpha value is 0.210. The van der Waals surface area contributed by atoms with Crippen molar-refractivity contribution in [2.45, 2.75) is 26.4 Å². The van der Waals surface area contributed by atoms with Crippen LogP contribution in [-0.4, -0.2) is 28.8 Å². The minimum absolute atomic E-state index is 0.211. The monoisotopic (exact) mass is 166 g/mol. The fourth-order valence-electron chi connectivity index (χ4n) is 0.640. The van der Waals surface area contributed by atoms with Crippen molar-refractivity contribution in [2.24, 2.45) is 5.41 Å². The number of aliphatic hydroxyl groups excluding tert-OH is 2. The molecule has 0 aliphatic heterocycles. The van der Waals surface area contributed by atoms with E-state index in [0.717, 1.165) is 6.42 Å². The summed E-state index contributed by atoms with van der Waals surface area (Å²) in [6.07, 6.45) is 0.0769. The molecule has 0 amide bonds. The van der Waals surface area contributed by atoms with Gasteiger partial charge in [-0.05, 0) is 6.42 Å². The standard InChI is InChI=1S/C7H15ClO2/c1-3-7(2,5-8)6(10)4-9/h6,9-10H,3-5H2,1-2H3/t6-,7?/m0/s1. The average Bonchev–Trinajstić information content (AvgIpc) is 2.01. The van der Waals surface area contributed by atoms with Crippen LogP contribution in [0.5, 0.6) is 0 Å². The van der Waals surface area contributed by atoms with Crippen LogP contribution in [-0.2, 0) is 0 Å². The van der Waals surface area contributed by atoms with Crippen molar-refractivity contribution < 1.29 is 10.2 Å². The minimum Gasteiger partial charge on any atom is -0.394 e. The second kappa shape index (κ2) is 4.16. The van der Waals surface area contributed by atoms with Crippen LogP contribution in [0.3, 0.4) is 0 Å². The number of hydrogen-bond acceptors (Lipinski definition) is 2. The van der Waals surface area contributed by atoms with Gasteiger partial charge in [0.2, 0.25) is 0 Å². The largest absolute Gasteiger partial charge is 0.394 e. The molecule has 0 aromatic rings. The van der Waals surface area contributed by atoms with Crippen molar-refractivity contribution in [2.75, 3.05) is 12.5 Å². The number of aliphatic hydroxyl groups is 2. The quantitative estimate of drug-likeness (QED) is 0.612. The van der Waals surface area contributed by atoms with Crippen LogP contribution in [0, 0.1) is 5.41 Å². The molecule has 0 aromatic heterocycles. The van der Waals surface area contributed by atoms with E-state index in [1.807, 2.05) is 13.8 Å². The maximum atomic E-state index is 9.24. The van der Waals surface area contributed by atoms with E-state index in [1.54, 1.807) is 0 Å². The number of alkyl halides is 1. The van der Waals surface area contributed by atoms with Crippen molar-refractivity contribution >= 4 is 11.6 Å². The molecule has 0 saturated heterocycles. The maximum Gasteiger partial charge on any atom is 0.0835 e. The predicted molar refractivity (Wildman–Crippen MR) is 42.2 cm³/mol. The Kier molecular flexibility index (Phi) is 4.25. The molecule has 1 unspecified atom stereocenters. The Morgan fingerprint density at radius 1 is 1.60 bits per heavy atom. The number of hydrogen-bond donors (Lipinski definition) is 2. The second-order valence-electron chi connectivity index (χ2n) is 2.84. The Bertz CT molecular complexity index is 91.6. The smallest absolute Gasteiger partial charge is 0.0835 e. The fraction of sp³-hybridized carbons (Fsp3) is 1.00. The Balaban J connectivity index is 4.02. The van der Waals surface area contributed by atoms with E-state index in [2.05, 4.69) is 0 Å². The molecule has 0 rings (SSSR count).